The standard InChI is InChI=1S/C30H33F2N7/c1-19-30(8-2-3-9-30)23-14-21(15-24(31)28(23)35-19)27-25(32)17-34-29(37-27)36-26-7-6-22(16-33-26)39-12-10-38(11-13-39)18-20-4-5-20/h6-7,14-17,20H,2-5,8-13,18H2,1H3,(H,33,34,36,37). The van der Waals surface area contributed by atoms with Crippen LogP contribution in [0.3, 0.4) is 0 Å². The number of anilines is 3. The maximum absolute atomic E-state index is 15.2. The number of piperazine rings is 1. The van der Waals surface area contributed by atoms with Crippen molar-refractivity contribution >= 4 is 28.9 Å². The Morgan fingerprint density at radius 2 is 1.77 bits per heavy atom. The fourth-order valence-corrected chi connectivity index (χ4v) is 6.54. The van der Waals surface area contributed by atoms with E-state index in [-0.39, 0.29) is 17.1 Å². The van der Waals surface area contributed by atoms with Crippen LogP contribution < -0.4 is 10.2 Å². The van der Waals surface area contributed by atoms with Crippen LogP contribution in [0.15, 0.2) is 41.7 Å². The van der Waals surface area contributed by atoms with Crippen molar-refractivity contribution < 1.29 is 8.78 Å². The van der Waals surface area contributed by atoms with Gasteiger partial charge in [-0.15, -0.1) is 0 Å². The van der Waals surface area contributed by atoms with E-state index in [1.807, 2.05) is 31.3 Å². The first kappa shape index (κ1) is 24.6. The normalized spacial score (nSPS) is 20.4. The molecule has 3 aromatic rings. The van der Waals surface area contributed by atoms with Crippen LogP contribution in [0.2, 0.25) is 0 Å². The van der Waals surface area contributed by atoms with Crippen LogP contribution in [0.1, 0.15) is 51.0 Å². The fraction of sp³-hybridized carbons (Fsp3) is 0.467. The molecule has 7 nitrogen and oxygen atoms in total. The number of hydrogen-bond donors (Lipinski definition) is 1. The van der Waals surface area contributed by atoms with Gasteiger partial charge in [0.25, 0.3) is 0 Å². The molecule has 39 heavy (non-hydrogen) atoms. The van der Waals surface area contributed by atoms with Gasteiger partial charge in [0.1, 0.15) is 23.0 Å². The van der Waals surface area contributed by atoms with E-state index in [9.17, 15) is 4.39 Å². The topological polar surface area (TPSA) is 69.5 Å². The SMILES string of the molecule is CC1=Nc2c(F)cc(-c3nc(Nc4ccc(N5CCN(CC6CC6)CC5)cn4)ncc3F)cc2C12CCCC2. The lowest BCUT2D eigenvalue weighted by Crippen LogP contribution is -2.47. The smallest absolute Gasteiger partial charge is 0.229 e. The Morgan fingerprint density at radius 3 is 2.49 bits per heavy atom. The van der Waals surface area contributed by atoms with Crippen LogP contribution >= 0.6 is 0 Å². The molecule has 4 heterocycles. The van der Waals surface area contributed by atoms with Crippen LogP contribution in [0.5, 0.6) is 0 Å². The molecule has 4 aliphatic rings. The lowest BCUT2D eigenvalue weighted by atomic mass is 9.76. The molecule has 9 heteroatoms. The molecule has 2 aliphatic carbocycles. The minimum absolute atomic E-state index is 0.0626. The largest absolute Gasteiger partial charge is 0.368 e. The molecule has 0 atom stereocenters. The average Bonchev–Trinajstić information content (AvgIpc) is 3.53. The fourth-order valence-electron chi connectivity index (χ4n) is 6.54. The van der Waals surface area contributed by atoms with Crippen molar-refractivity contribution in [2.75, 3.05) is 42.9 Å². The molecular weight excluding hydrogens is 496 g/mol. The molecule has 0 radical (unpaired) electrons. The van der Waals surface area contributed by atoms with E-state index < -0.39 is 11.6 Å². The van der Waals surface area contributed by atoms with Gasteiger partial charge in [0.05, 0.1) is 18.1 Å². The third-order valence-corrected chi connectivity index (χ3v) is 8.96. The second-order valence-electron chi connectivity index (χ2n) is 11.5. The highest BCUT2D eigenvalue weighted by atomic mass is 19.1. The second-order valence-corrected chi connectivity index (χ2v) is 11.5. The number of nitrogens with zero attached hydrogens (tertiary/aromatic N) is 6. The number of fused-ring (bicyclic) bond motifs is 2. The third kappa shape index (κ3) is 4.56. The van der Waals surface area contributed by atoms with Gasteiger partial charge in [-0.25, -0.2) is 23.7 Å². The number of benzene rings is 1. The molecule has 1 aromatic carbocycles. The van der Waals surface area contributed by atoms with Crippen LogP contribution in [-0.4, -0.2) is 58.3 Å². The Balaban J connectivity index is 1.08. The second kappa shape index (κ2) is 9.62. The molecule has 0 unspecified atom stereocenters. The van der Waals surface area contributed by atoms with Crippen molar-refractivity contribution in [2.45, 2.75) is 50.9 Å². The van der Waals surface area contributed by atoms with Crippen molar-refractivity contribution in [2.24, 2.45) is 10.9 Å². The predicted octanol–water partition coefficient (Wildman–Crippen LogP) is 6.01. The minimum atomic E-state index is -0.597. The predicted molar refractivity (Wildman–Crippen MR) is 149 cm³/mol. The van der Waals surface area contributed by atoms with Crippen LogP contribution in [0.25, 0.3) is 11.3 Å². The van der Waals surface area contributed by atoms with E-state index >= 15 is 4.39 Å². The summed E-state index contributed by atoms with van der Waals surface area (Å²) in [7, 11) is 0. The van der Waals surface area contributed by atoms with E-state index in [1.54, 1.807) is 0 Å². The molecule has 2 aromatic heterocycles. The third-order valence-electron chi connectivity index (χ3n) is 8.96. The minimum Gasteiger partial charge on any atom is -0.368 e. The van der Waals surface area contributed by atoms with Gasteiger partial charge in [-0.1, -0.05) is 12.8 Å². The highest BCUT2D eigenvalue weighted by Crippen LogP contribution is 2.52. The Morgan fingerprint density at radius 1 is 0.974 bits per heavy atom. The van der Waals surface area contributed by atoms with Crippen LogP contribution in [-0.2, 0) is 5.41 Å². The molecule has 7 rings (SSSR count). The number of hydrogen-bond acceptors (Lipinski definition) is 7. The Labute approximate surface area is 227 Å². The van der Waals surface area contributed by atoms with Gasteiger partial charge in [-0.3, -0.25) is 9.89 Å². The lowest BCUT2D eigenvalue weighted by Gasteiger charge is -2.36. The Hall–Kier alpha value is -3.46. The summed E-state index contributed by atoms with van der Waals surface area (Å²) in [6.07, 6.45) is 9.78. The van der Waals surface area contributed by atoms with E-state index in [1.165, 1.54) is 25.5 Å². The van der Waals surface area contributed by atoms with Crippen molar-refractivity contribution in [3.8, 4) is 11.3 Å². The zero-order valence-corrected chi connectivity index (χ0v) is 22.3. The first-order valence-electron chi connectivity index (χ1n) is 14.1. The zero-order chi connectivity index (χ0) is 26.6. The number of halogens is 2. The average molecular weight is 530 g/mol. The highest BCUT2D eigenvalue weighted by molar-refractivity contribution is 6.01. The van der Waals surface area contributed by atoms with E-state index in [4.69, 9.17) is 0 Å². The van der Waals surface area contributed by atoms with Crippen molar-refractivity contribution in [1.82, 2.24) is 19.9 Å². The zero-order valence-electron chi connectivity index (χ0n) is 22.3. The van der Waals surface area contributed by atoms with Crippen LogP contribution in [0.4, 0.5) is 31.9 Å². The summed E-state index contributed by atoms with van der Waals surface area (Å²) in [5, 5.41) is 3.09. The van der Waals surface area contributed by atoms with E-state index in [0.29, 0.717) is 17.1 Å². The van der Waals surface area contributed by atoms with Gasteiger partial charge in [0.15, 0.2) is 5.82 Å². The quantitative estimate of drug-likeness (QED) is 0.422. The van der Waals surface area contributed by atoms with Gasteiger partial charge < -0.3 is 10.2 Å². The molecule has 1 saturated heterocycles. The van der Waals surface area contributed by atoms with Crippen LogP contribution in [0, 0.1) is 17.6 Å². The summed E-state index contributed by atoms with van der Waals surface area (Å²) >= 11 is 0. The highest BCUT2D eigenvalue weighted by Gasteiger charge is 2.44. The number of pyridine rings is 1. The molecule has 0 amide bonds. The molecule has 202 valence electrons. The molecule has 1 N–H and O–H groups in total. The molecular formula is C30H33F2N7. The van der Waals surface area contributed by atoms with Crippen molar-refractivity contribution in [3.63, 3.8) is 0 Å². The molecule has 1 spiro atoms. The number of rotatable bonds is 6. The first-order valence-corrected chi connectivity index (χ1v) is 14.1. The number of nitrogens with one attached hydrogen (secondary N) is 1. The maximum Gasteiger partial charge on any atom is 0.229 e. The van der Waals surface area contributed by atoms with Gasteiger partial charge in [0, 0.05) is 49.4 Å². The molecule has 0 bridgehead atoms. The Kier molecular flexibility index (Phi) is 6.06. The summed E-state index contributed by atoms with van der Waals surface area (Å²) in [6.45, 7) is 7.37. The summed E-state index contributed by atoms with van der Waals surface area (Å²) < 4.78 is 30.1. The summed E-state index contributed by atoms with van der Waals surface area (Å²) in [5.41, 5.74) is 3.49. The van der Waals surface area contributed by atoms with Gasteiger partial charge >= 0.3 is 0 Å². The van der Waals surface area contributed by atoms with Crippen molar-refractivity contribution in [3.05, 3.63) is 53.9 Å². The molecule has 3 fully saturated rings. The van der Waals surface area contributed by atoms with E-state index in [2.05, 4.69) is 35.1 Å². The number of aromatic nitrogens is 3. The Bertz CT molecular complexity index is 1420. The lowest BCUT2D eigenvalue weighted by molar-refractivity contribution is 0.248. The number of aliphatic imine (C=N–C) groups is 1. The summed E-state index contributed by atoms with van der Waals surface area (Å²) in [6, 6.07) is 7.12. The van der Waals surface area contributed by atoms with E-state index in [0.717, 1.165) is 80.9 Å². The summed E-state index contributed by atoms with van der Waals surface area (Å²) in [5.74, 6) is 0.660. The maximum atomic E-state index is 15.2. The van der Waals surface area contributed by atoms with Gasteiger partial charge in [0.2, 0.25) is 5.95 Å². The summed E-state index contributed by atoms with van der Waals surface area (Å²) in [4.78, 5) is 22.6. The first-order chi connectivity index (χ1) is 19.0. The molecule has 2 aliphatic heterocycles. The molecule has 2 saturated carbocycles. The van der Waals surface area contributed by atoms with Gasteiger partial charge in [-0.05, 0) is 68.4 Å². The van der Waals surface area contributed by atoms with Crippen molar-refractivity contribution in [1.29, 1.82) is 0 Å². The van der Waals surface area contributed by atoms with Gasteiger partial charge in [-0.2, -0.15) is 0 Å². The monoisotopic (exact) mass is 529 g/mol.